The minimum absolute atomic E-state index is 0.0640. The van der Waals surface area contributed by atoms with E-state index in [0.717, 1.165) is 16.9 Å². The van der Waals surface area contributed by atoms with Crippen molar-refractivity contribution in [3.05, 3.63) is 35.4 Å². The van der Waals surface area contributed by atoms with Crippen LogP contribution in [0, 0.1) is 12.8 Å². The van der Waals surface area contributed by atoms with Crippen molar-refractivity contribution < 1.29 is 19.5 Å². The maximum atomic E-state index is 12.5. The Morgan fingerprint density at radius 3 is 2.68 bits per heavy atom. The van der Waals surface area contributed by atoms with E-state index in [1.807, 2.05) is 31.2 Å². The number of aliphatic carboxylic acids is 1. The van der Waals surface area contributed by atoms with Crippen LogP contribution in [0.1, 0.15) is 24.0 Å². The number of benzene rings is 1. The van der Waals surface area contributed by atoms with Crippen LogP contribution in [-0.4, -0.2) is 51.4 Å². The van der Waals surface area contributed by atoms with Crippen molar-refractivity contribution in [1.29, 1.82) is 0 Å². The molecule has 2 heterocycles. The molecule has 3 rings (SSSR count). The van der Waals surface area contributed by atoms with Crippen LogP contribution >= 0.6 is 11.8 Å². The fourth-order valence-electron chi connectivity index (χ4n) is 3.24. The number of aryl methyl sites for hydroxylation is 1. The Bertz CT molecular complexity index is 683. The first-order valence-electron chi connectivity index (χ1n) is 8.36. The summed E-state index contributed by atoms with van der Waals surface area (Å²) in [4.78, 5) is 38.0. The summed E-state index contributed by atoms with van der Waals surface area (Å²) in [5.41, 5.74) is 0.992. The van der Waals surface area contributed by atoms with E-state index in [1.165, 1.54) is 11.8 Å². The summed E-state index contributed by atoms with van der Waals surface area (Å²) in [6.07, 6.45) is 0.563. The van der Waals surface area contributed by atoms with Crippen molar-refractivity contribution in [1.82, 2.24) is 10.2 Å². The summed E-state index contributed by atoms with van der Waals surface area (Å²) in [5, 5.41) is 12.2. The molecule has 2 saturated heterocycles. The number of carbonyl (C=O) groups is 3. The van der Waals surface area contributed by atoms with E-state index in [-0.39, 0.29) is 18.2 Å². The lowest BCUT2D eigenvalue weighted by Crippen LogP contribution is -2.56. The quantitative estimate of drug-likeness (QED) is 0.827. The SMILES string of the molecule is Cc1ccc(CN2CC(C(=O)NC3(C(=O)O)CCSC3)CC2=O)cc1. The summed E-state index contributed by atoms with van der Waals surface area (Å²) >= 11 is 1.52. The first kappa shape index (κ1) is 17.8. The molecular formula is C18H22N2O4S. The van der Waals surface area contributed by atoms with Crippen LogP contribution in [0.25, 0.3) is 0 Å². The van der Waals surface area contributed by atoms with E-state index in [1.54, 1.807) is 4.90 Å². The van der Waals surface area contributed by atoms with Gasteiger partial charge in [0.05, 0.1) is 5.92 Å². The molecule has 2 atom stereocenters. The van der Waals surface area contributed by atoms with Crippen molar-refractivity contribution in [2.24, 2.45) is 5.92 Å². The molecule has 7 heteroatoms. The number of hydrogen-bond acceptors (Lipinski definition) is 4. The van der Waals surface area contributed by atoms with Gasteiger partial charge in [-0.3, -0.25) is 9.59 Å². The van der Waals surface area contributed by atoms with E-state index >= 15 is 0 Å². The van der Waals surface area contributed by atoms with Gasteiger partial charge >= 0.3 is 5.97 Å². The zero-order valence-electron chi connectivity index (χ0n) is 14.2. The molecule has 0 spiro atoms. The number of nitrogens with zero attached hydrogens (tertiary/aromatic N) is 1. The number of carboxylic acids is 1. The van der Waals surface area contributed by atoms with Gasteiger partial charge in [0.1, 0.15) is 5.54 Å². The smallest absolute Gasteiger partial charge is 0.330 e. The second-order valence-corrected chi connectivity index (χ2v) is 7.95. The van der Waals surface area contributed by atoms with Gasteiger partial charge in [-0.25, -0.2) is 4.79 Å². The topological polar surface area (TPSA) is 86.7 Å². The van der Waals surface area contributed by atoms with Gasteiger partial charge in [-0.2, -0.15) is 11.8 Å². The summed E-state index contributed by atoms with van der Waals surface area (Å²) in [6, 6.07) is 7.94. The van der Waals surface area contributed by atoms with E-state index in [2.05, 4.69) is 5.32 Å². The van der Waals surface area contributed by atoms with Crippen molar-refractivity contribution >= 4 is 29.5 Å². The molecule has 0 radical (unpaired) electrons. The minimum Gasteiger partial charge on any atom is -0.479 e. The Morgan fingerprint density at radius 1 is 1.36 bits per heavy atom. The van der Waals surface area contributed by atoms with Gasteiger partial charge in [0.2, 0.25) is 11.8 Å². The number of likely N-dealkylation sites (tertiary alicyclic amines) is 1. The molecule has 2 unspecified atom stereocenters. The number of hydrogen-bond donors (Lipinski definition) is 2. The number of amides is 2. The minimum atomic E-state index is -1.19. The second kappa shape index (κ2) is 7.07. The molecule has 0 aliphatic carbocycles. The summed E-state index contributed by atoms with van der Waals surface area (Å²) in [5.74, 6) is -0.778. The standard InChI is InChI=1S/C18H22N2O4S/c1-12-2-4-13(5-3-12)9-20-10-14(8-15(20)21)16(22)19-18(17(23)24)6-7-25-11-18/h2-5,14H,6-11H2,1H3,(H,19,22)(H,23,24). The van der Waals surface area contributed by atoms with Crippen LogP contribution in [0.2, 0.25) is 0 Å². The number of rotatable bonds is 5. The number of carboxylic acid groups (broad SMARTS) is 1. The highest BCUT2D eigenvalue weighted by atomic mass is 32.2. The monoisotopic (exact) mass is 362 g/mol. The van der Waals surface area contributed by atoms with Crippen molar-refractivity contribution in [2.45, 2.75) is 31.8 Å². The maximum absolute atomic E-state index is 12.5. The van der Waals surface area contributed by atoms with Crippen LogP contribution in [-0.2, 0) is 20.9 Å². The predicted molar refractivity (Wildman–Crippen MR) is 95.2 cm³/mol. The molecule has 0 aromatic heterocycles. The van der Waals surface area contributed by atoms with Gasteiger partial charge < -0.3 is 15.3 Å². The highest BCUT2D eigenvalue weighted by Gasteiger charge is 2.45. The highest BCUT2D eigenvalue weighted by molar-refractivity contribution is 7.99. The number of carbonyl (C=O) groups excluding carboxylic acids is 2. The molecule has 2 N–H and O–H groups in total. The van der Waals surface area contributed by atoms with Crippen molar-refractivity contribution in [3.63, 3.8) is 0 Å². The molecule has 2 aliphatic heterocycles. The van der Waals surface area contributed by atoms with Crippen LogP contribution < -0.4 is 5.32 Å². The fourth-order valence-corrected chi connectivity index (χ4v) is 4.56. The highest BCUT2D eigenvalue weighted by Crippen LogP contribution is 2.29. The molecule has 25 heavy (non-hydrogen) atoms. The molecule has 2 amide bonds. The van der Waals surface area contributed by atoms with Crippen molar-refractivity contribution in [3.8, 4) is 0 Å². The average Bonchev–Trinajstić information content (AvgIpc) is 3.18. The van der Waals surface area contributed by atoms with Crippen molar-refractivity contribution in [2.75, 3.05) is 18.1 Å². The summed E-state index contributed by atoms with van der Waals surface area (Å²) < 4.78 is 0. The maximum Gasteiger partial charge on any atom is 0.330 e. The number of thioether (sulfide) groups is 1. The Labute approximate surface area is 151 Å². The number of nitrogens with one attached hydrogen (secondary N) is 1. The van der Waals surface area contributed by atoms with E-state index in [9.17, 15) is 19.5 Å². The van der Waals surface area contributed by atoms with E-state index in [4.69, 9.17) is 0 Å². The molecule has 134 valence electrons. The Hall–Kier alpha value is -2.02. The molecular weight excluding hydrogens is 340 g/mol. The molecule has 2 fully saturated rings. The van der Waals surface area contributed by atoms with Gasteiger partial charge in [0, 0.05) is 25.3 Å². The predicted octanol–water partition coefficient (Wildman–Crippen LogP) is 1.42. The van der Waals surface area contributed by atoms with Gasteiger partial charge in [0.15, 0.2) is 0 Å². The zero-order chi connectivity index (χ0) is 18.0. The van der Waals surface area contributed by atoms with Gasteiger partial charge in [-0.05, 0) is 24.7 Å². The first-order valence-corrected chi connectivity index (χ1v) is 9.51. The van der Waals surface area contributed by atoms with E-state index < -0.39 is 17.4 Å². The van der Waals surface area contributed by atoms with Gasteiger partial charge in [-0.1, -0.05) is 29.8 Å². The molecule has 1 aromatic rings. The largest absolute Gasteiger partial charge is 0.479 e. The fraction of sp³-hybridized carbons (Fsp3) is 0.500. The molecule has 0 bridgehead atoms. The second-order valence-electron chi connectivity index (χ2n) is 6.84. The molecule has 1 aromatic carbocycles. The van der Waals surface area contributed by atoms with Crippen LogP contribution in [0.5, 0.6) is 0 Å². The van der Waals surface area contributed by atoms with Crippen LogP contribution in [0.3, 0.4) is 0 Å². The third-order valence-electron chi connectivity index (χ3n) is 4.87. The third-order valence-corrected chi connectivity index (χ3v) is 6.06. The lowest BCUT2D eigenvalue weighted by molar-refractivity contribution is -0.147. The lowest BCUT2D eigenvalue weighted by Gasteiger charge is -2.26. The molecule has 6 nitrogen and oxygen atoms in total. The Kier molecular flexibility index (Phi) is 5.03. The van der Waals surface area contributed by atoms with Gasteiger partial charge in [0.25, 0.3) is 0 Å². The summed E-state index contributed by atoms with van der Waals surface area (Å²) in [7, 11) is 0. The zero-order valence-corrected chi connectivity index (χ0v) is 15.0. The van der Waals surface area contributed by atoms with E-state index in [0.29, 0.717) is 25.3 Å². The average molecular weight is 362 g/mol. The first-order chi connectivity index (χ1) is 11.9. The lowest BCUT2D eigenvalue weighted by atomic mass is 9.97. The van der Waals surface area contributed by atoms with Gasteiger partial charge in [-0.15, -0.1) is 0 Å². The molecule has 2 aliphatic rings. The van der Waals surface area contributed by atoms with Crippen LogP contribution in [0.15, 0.2) is 24.3 Å². The normalized spacial score (nSPS) is 26.0. The Balaban J connectivity index is 1.62. The van der Waals surface area contributed by atoms with Crippen LogP contribution in [0.4, 0.5) is 0 Å². The molecule has 0 saturated carbocycles. The Morgan fingerprint density at radius 2 is 2.08 bits per heavy atom. The summed E-state index contributed by atoms with van der Waals surface area (Å²) in [6.45, 7) is 2.81. The third kappa shape index (κ3) is 3.81.